The number of unbranched alkanes of at least 4 members (excludes halogenated alkanes) is 23. The number of likely N-dealkylation sites (N-methyl/N-ethyl adjacent to an activating group) is 1. The molecular formula is C39H78NO8P. The van der Waals surface area contributed by atoms with Crippen LogP contribution in [0.4, 0.5) is 0 Å². The van der Waals surface area contributed by atoms with Crippen LogP contribution < -0.4 is 4.89 Å². The van der Waals surface area contributed by atoms with Crippen molar-refractivity contribution in [1.82, 2.24) is 0 Å². The predicted molar refractivity (Wildman–Crippen MR) is 199 cm³/mol. The van der Waals surface area contributed by atoms with Gasteiger partial charge in [0.2, 0.25) is 0 Å². The van der Waals surface area contributed by atoms with Gasteiger partial charge in [-0.05, 0) is 12.8 Å². The smallest absolute Gasteiger partial charge is 0.306 e. The summed E-state index contributed by atoms with van der Waals surface area (Å²) in [6.07, 6.45) is 29.8. The van der Waals surface area contributed by atoms with Crippen LogP contribution in [0, 0.1) is 0 Å². The molecule has 0 aromatic heterocycles. The van der Waals surface area contributed by atoms with Gasteiger partial charge in [0, 0.05) is 12.8 Å². The van der Waals surface area contributed by atoms with Gasteiger partial charge in [0.15, 0.2) is 6.10 Å². The fourth-order valence-corrected chi connectivity index (χ4v) is 6.38. The van der Waals surface area contributed by atoms with Gasteiger partial charge in [-0.15, -0.1) is 0 Å². The number of carbonyl (C=O) groups excluding carboxylic acids is 2. The van der Waals surface area contributed by atoms with Gasteiger partial charge in [0.05, 0.1) is 27.7 Å². The number of esters is 2. The molecule has 0 bridgehead atoms. The topological polar surface area (TPSA) is 111 Å². The number of nitrogens with zero attached hydrogens (tertiary/aromatic N) is 1. The molecule has 0 rings (SSSR count). The maximum absolute atomic E-state index is 12.6. The molecule has 2 atom stereocenters. The summed E-state index contributed by atoms with van der Waals surface area (Å²) in [5.74, 6) is -0.826. The molecule has 0 fully saturated rings. The first-order valence-corrected chi connectivity index (χ1v) is 21.7. The van der Waals surface area contributed by atoms with Crippen LogP contribution in [-0.2, 0) is 32.7 Å². The van der Waals surface area contributed by atoms with Crippen molar-refractivity contribution in [3.05, 3.63) is 0 Å². The summed E-state index contributed by atoms with van der Waals surface area (Å²) in [5, 5.41) is 0. The molecule has 0 heterocycles. The van der Waals surface area contributed by atoms with Gasteiger partial charge in [0.1, 0.15) is 19.8 Å². The van der Waals surface area contributed by atoms with Crippen molar-refractivity contribution in [2.24, 2.45) is 0 Å². The summed E-state index contributed by atoms with van der Waals surface area (Å²) < 4.78 is 33.8. The molecule has 292 valence electrons. The van der Waals surface area contributed by atoms with Crippen molar-refractivity contribution in [2.45, 2.75) is 193 Å². The number of phosphoric ester groups is 1. The highest BCUT2D eigenvalue weighted by Gasteiger charge is 2.21. The number of rotatable bonds is 37. The van der Waals surface area contributed by atoms with Crippen LogP contribution >= 0.6 is 7.82 Å². The zero-order chi connectivity index (χ0) is 36.5. The lowest BCUT2D eigenvalue weighted by molar-refractivity contribution is -0.870. The Labute approximate surface area is 302 Å². The van der Waals surface area contributed by atoms with Gasteiger partial charge in [-0.2, -0.15) is 0 Å². The van der Waals surface area contributed by atoms with Crippen molar-refractivity contribution in [2.75, 3.05) is 47.5 Å². The normalized spacial score (nSPS) is 13.7. The summed E-state index contributed by atoms with van der Waals surface area (Å²) in [6, 6.07) is 0. The number of hydrogen-bond donors (Lipinski definition) is 0. The van der Waals surface area contributed by atoms with Gasteiger partial charge in [-0.3, -0.25) is 14.2 Å². The zero-order valence-corrected chi connectivity index (χ0v) is 33.6. The van der Waals surface area contributed by atoms with Crippen LogP contribution in [0.25, 0.3) is 0 Å². The number of hydrogen-bond acceptors (Lipinski definition) is 8. The molecule has 0 saturated carbocycles. The van der Waals surface area contributed by atoms with E-state index in [2.05, 4.69) is 13.8 Å². The van der Waals surface area contributed by atoms with E-state index in [0.717, 1.165) is 32.1 Å². The van der Waals surface area contributed by atoms with E-state index in [1.54, 1.807) is 0 Å². The fraction of sp³-hybridized carbons (Fsp3) is 0.949. The third-order valence-corrected chi connectivity index (χ3v) is 9.84. The van der Waals surface area contributed by atoms with E-state index in [1.807, 2.05) is 21.1 Å². The second-order valence-electron chi connectivity index (χ2n) is 15.0. The Hall–Kier alpha value is -0.990. The quantitative estimate of drug-likeness (QED) is 0.0270. The van der Waals surface area contributed by atoms with Crippen LogP contribution in [0.1, 0.15) is 187 Å². The lowest BCUT2D eigenvalue weighted by Crippen LogP contribution is -2.37. The van der Waals surface area contributed by atoms with Crippen LogP contribution in [0.3, 0.4) is 0 Å². The molecule has 0 N–H and O–H groups in total. The largest absolute Gasteiger partial charge is 0.756 e. The Balaban J connectivity index is 4.34. The van der Waals surface area contributed by atoms with Gasteiger partial charge >= 0.3 is 11.9 Å². The van der Waals surface area contributed by atoms with Crippen molar-refractivity contribution < 1.29 is 42.1 Å². The molecule has 0 aliphatic heterocycles. The van der Waals surface area contributed by atoms with E-state index in [0.29, 0.717) is 17.4 Å². The molecule has 0 aromatic carbocycles. The average molecular weight is 720 g/mol. The number of carbonyl (C=O) groups is 2. The van der Waals surface area contributed by atoms with Crippen molar-refractivity contribution in [1.29, 1.82) is 0 Å². The van der Waals surface area contributed by atoms with Crippen LogP contribution in [-0.4, -0.2) is 70.0 Å². The summed E-state index contributed by atoms with van der Waals surface area (Å²) in [7, 11) is 1.18. The zero-order valence-electron chi connectivity index (χ0n) is 32.7. The lowest BCUT2D eigenvalue weighted by Gasteiger charge is -2.28. The highest BCUT2D eigenvalue weighted by molar-refractivity contribution is 7.45. The molecule has 0 radical (unpaired) electrons. The molecule has 9 nitrogen and oxygen atoms in total. The van der Waals surface area contributed by atoms with Gasteiger partial charge < -0.3 is 27.9 Å². The van der Waals surface area contributed by atoms with E-state index >= 15 is 0 Å². The van der Waals surface area contributed by atoms with Crippen LogP contribution in [0.15, 0.2) is 0 Å². The van der Waals surface area contributed by atoms with Crippen LogP contribution in [0.5, 0.6) is 0 Å². The highest BCUT2D eigenvalue weighted by Crippen LogP contribution is 2.38. The number of quaternary nitrogens is 1. The van der Waals surface area contributed by atoms with Gasteiger partial charge in [-0.25, -0.2) is 0 Å². The van der Waals surface area contributed by atoms with Crippen LogP contribution in [0.2, 0.25) is 0 Å². The number of phosphoric acid groups is 1. The molecule has 10 heteroatoms. The van der Waals surface area contributed by atoms with Gasteiger partial charge in [-0.1, -0.05) is 162 Å². The molecule has 1 unspecified atom stereocenters. The summed E-state index contributed by atoms with van der Waals surface area (Å²) in [4.78, 5) is 37.3. The standard InChI is InChI=1S/C39H78NO8P/c1-6-8-10-12-14-16-18-19-20-21-22-24-25-27-29-31-38(41)45-35-37(36-47-49(43,44)46-34-33-40(3,4)5)48-39(42)32-30-28-26-23-17-15-13-11-9-7-2/h37H,6-36H2,1-5H3/t37-/m1/s1. The van der Waals surface area contributed by atoms with Crippen molar-refractivity contribution in [3.63, 3.8) is 0 Å². The van der Waals surface area contributed by atoms with E-state index in [4.69, 9.17) is 18.5 Å². The molecular weight excluding hydrogens is 641 g/mol. The minimum absolute atomic E-state index is 0.0261. The monoisotopic (exact) mass is 720 g/mol. The Morgan fingerprint density at radius 2 is 0.918 bits per heavy atom. The highest BCUT2D eigenvalue weighted by atomic mass is 31.2. The third kappa shape index (κ3) is 36.6. The Kier molecular flexibility index (Phi) is 32.2. The first kappa shape index (κ1) is 48.0. The maximum Gasteiger partial charge on any atom is 0.306 e. The SMILES string of the molecule is CCCCCCCCCCCCCCCCCC(=O)OC[C@H](COP(=O)([O-])OCC[N+](C)(C)C)OC(=O)CCCCCCCCCCCC. The molecule has 0 saturated heterocycles. The fourth-order valence-electron chi connectivity index (χ4n) is 5.65. The second kappa shape index (κ2) is 32.9. The second-order valence-corrected chi connectivity index (χ2v) is 16.4. The Morgan fingerprint density at radius 3 is 1.31 bits per heavy atom. The lowest BCUT2D eigenvalue weighted by atomic mass is 10.0. The molecule has 49 heavy (non-hydrogen) atoms. The minimum Gasteiger partial charge on any atom is -0.756 e. The summed E-state index contributed by atoms with van der Waals surface area (Å²) >= 11 is 0. The molecule has 0 spiro atoms. The minimum atomic E-state index is -4.61. The number of ether oxygens (including phenoxy) is 2. The molecule has 0 aromatic rings. The maximum atomic E-state index is 12.6. The Morgan fingerprint density at radius 1 is 0.551 bits per heavy atom. The summed E-state index contributed by atoms with van der Waals surface area (Å²) in [6.45, 7) is 4.22. The van der Waals surface area contributed by atoms with Gasteiger partial charge in [0.25, 0.3) is 7.82 Å². The summed E-state index contributed by atoms with van der Waals surface area (Å²) in [5.41, 5.74) is 0. The first-order chi connectivity index (χ1) is 23.5. The predicted octanol–water partition coefficient (Wildman–Crippen LogP) is 10.2. The average Bonchev–Trinajstić information content (AvgIpc) is 3.04. The van der Waals surface area contributed by atoms with E-state index in [-0.39, 0.29) is 32.0 Å². The molecule has 0 amide bonds. The molecule has 0 aliphatic carbocycles. The Bertz CT molecular complexity index is 819. The third-order valence-electron chi connectivity index (χ3n) is 8.88. The molecule has 0 aliphatic rings. The van der Waals surface area contributed by atoms with Crippen molar-refractivity contribution >= 4 is 19.8 Å². The first-order valence-electron chi connectivity index (χ1n) is 20.2. The van der Waals surface area contributed by atoms with E-state index in [1.165, 1.54) is 122 Å². The van der Waals surface area contributed by atoms with E-state index in [9.17, 15) is 19.0 Å². The van der Waals surface area contributed by atoms with E-state index < -0.39 is 26.5 Å². The van der Waals surface area contributed by atoms with Crippen molar-refractivity contribution in [3.8, 4) is 0 Å².